The van der Waals surface area contributed by atoms with Crippen LogP contribution >= 0.6 is 11.3 Å². The van der Waals surface area contributed by atoms with Crippen LogP contribution in [0, 0.1) is 30.6 Å². The number of nitrogens with zero attached hydrogens (tertiary/aromatic N) is 2. The maximum absolute atomic E-state index is 12.5. The van der Waals surface area contributed by atoms with E-state index >= 15 is 0 Å². The van der Waals surface area contributed by atoms with Crippen molar-refractivity contribution in [3.05, 3.63) is 15.4 Å². The van der Waals surface area contributed by atoms with Gasteiger partial charge in [-0.1, -0.05) is 27.7 Å². The number of carbonyl (C=O) groups is 1. The van der Waals surface area contributed by atoms with E-state index in [2.05, 4.69) is 32.7 Å². The first kappa shape index (κ1) is 16.4. The number of aromatic nitrogens is 1. The summed E-state index contributed by atoms with van der Waals surface area (Å²) in [6.07, 6.45) is 0.457. The van der Waals surface area contributed by atoms with Gasteiger partial charge in [0.1, 0.15) is 0 Å². The van der Waals surface area contributed by atoms with E-state index in [1.807, 2.05) is 18.4 Å². The van der Waals surface area contributed by atoms with E-state index in [4.69, 9.17) is 0 Å². The molecule has 1 heterocycles. The van der Waals surface area contributed by atoms with Gasteiger partial charge >= 0.3 is 0 Å². The average molecular weight is 312 g/mol. The fourth-order valence-electron chi connectivity index (χ4n) is 3.14. The van der Waals surface area contributed by atoms with Crippen LogP contribution in [-0.4, -0.2) is 17.1 Å². The summed E-state index contributed by atoms with van der Waals surface area (Å²) in [7, 11) is 0. The molecule has 1 fully saturated rings. The molecule has 1 aromatic heterocycles. The van der Waals surface area contributed by atoms with Crippen molar-refractivity contribution in [3.8, 4) is 0 Å². The summed E-state index contributed by atoms with van der Waals surface area (Å²) in [5.41, 5.74) is 1.08. The van der Waals surface area contributed by atoms with Gasteiger partial charge in [0, 0.05) is 17.1 Å². The Morgan fingerprint density at radius 1 is 1.29 bits per heavy atom. The maximum atomic E-state index is 12.5. The van der Waals surface area contributed by atoms with Crippen LogP contribution in [0.3, 0.4) is 0 Å². The van der Waals surface area contributed by atoms with Crippen LogP contribution in [0.25, 0.3) is 0 Å². The van der Waals surface area contributed by atoms with Crippen LogP contribution < -0.4 is 4.80 Å². The van der Waals surface area contributed by atoms with Crippen molar-refractivity contribution in [2.24, 2.45) is 21.7 Å². The van der Waals surface area contributed by atoms with Crippen LogP contribution in [0.2, 0.25) is 0 Å². The molecule has 2 rings (SSSR count). The van der Waals surface area contributed by atoms with E-state index in [1.54, 1.807) is 0 Å². The molecule has 5 heteroatoms. The first-order valence-electron chi connectivity index (χ1n) is 7.46. The summed E-state index contributed by atoms with van der Waals surface area (Å²) in [6, 6.07) is 0. The van der Waals surface area contributed by atoms with Gasteiger partial charge in [-0.25, -0.2) is 0 Å². The highest BCUT2D eigenvalue weighted by Crippen LogP contribution is 2.68. The Bertz CT molecular complexity index is 611. The summed E-state index contributed by atoms with van der Waals surface area (Å²) < 4.78 is 14.4. The number of hydrogen-bond acceptors (Lipinski definition) is 2. The van der Waals surface area contributed by atoms with Gasteiger partial charge in [0.15, 0.2) is 4.80 Å². The fraction of sp³-hybridized carbons (Fsp3) is 0.750. The summed E-state index contributed by atoms with van der Waals surface area (Å²) >= 11 is 1.52. The van der Waals surface area contributed by atoms with Crippen LogP contribution in [0.15, 0.2) is 4.99 Å². The number of amides is 1. The Balaban J connectivity index is 2.34. The van der Waals surface area contributed by atoms with E-state index < -0.39 is 0 Å². The Hall–Kier alpha value is -0.970. The zero-order chi connectivity index (χ0) is 16.0. The predicted octanol–water partition coefficient (Wildman–Crippen LogP) is 3.64. The van der Waals surface area contributed by atoms with E-state index in [0.717, 1.165) is 10.6 Å². The van der Waals surface area contributed by atoms with Crippen LogP contribution in [0.4, 0.5) is 4.39 Å². The van der Waals surface area contributed by atoms with Crippen LogP contribution in [0.1, 0.15) is 44.7 Å². The monoisotopic (exact) mass is 312 g/mol. The Labute approximate surface area is 129 Å². The number of aryl methyl sites for hydroxylation is 1. The molecule has 0 atom stereocenters. The first-order chi connectivity index (χ1) is 9.64. The molecule has 1 aliphatic rings. The van der Waals surface area contributed by atoms with Crippen molar-refractivity contribution >= 4 is 17.2 Å². The van der Waals surface area contributed by atoms with Crippen LogP contribution in [0.5, 0.6) is 0 Å². The van der Waals surface area contributed by atoms with Gasteiger partial charge in [0.2, 0.25) is 0 Å². The lowest BCUT2D eigenvalue weighted by Crippen LogP contribution is -2.20. The maximum Gasteiger partial charge on any atom is 0.252 e. The molecule has 0 spiro atoms. The van der Waals surface area contributed by atoms with Crippen molar-refractivity contribution in [2.45, 2.75) is 54.5 Å². The molecule has 0 aromatic carbocycles. The average Bonchev–Trinajstić information content (AvgIpc) is 2.62. The molecule has 3 nitrogen and oxygen atoms in total. The largest absolute Gasteiger partial charge is 0.321 e. The van der Waals surface area contributed by atoms with Gasteiger partial charge in [0.05, 0.1) is 12.6 Å². The summed E-state index contributed by atoms with van der Waals surface area (Å²) in [6.45, 7) is 12.7. The SMILES string of the molecule is Cc1sc(=NC(=O)C2C(C)(C)C2(C)C)n(CCCF)c1C. The molecular weight excluding hydrogens is 287 g/mol. The number of rotatable bonds is 4. The van der Waals surface area contributed by atoms with E-state index in [9.17, 15) is 9.18 Å². The molecule has 21 heavy (non-hydrogen) atoms. The third kappa shape index (κ3) is 2.60. The highest BCUT2D eigenvalue weighted by Gasteiger charge is 2.68. The van der Waals surface area contributed by atoms with Gasteiger partial charge in [-0.2, -0.15) is 4.99 Å². The quantitative estimate of drug-likeness (QED) is 0.836. The van der Waals surface area contributed by atoms with Gasteiger partial charge in [0.25, 0.3) is 5.91 Å². The van der Waals surface area contributed by atoms with Crippen molar-refractivity contribution in [1.82, 2.24) is 4.57 Å². The van der Waals surface area contributed by atoms with Crippen LogP contribution in [-0.2, 0) is 11.3 Å². The minimum atomic E-state index is -0.350. The third-order valence-electron chi connectivity index (χ3n) is 5.38. The number of alkyl halides is 1. The molecule has 0 unspecified atom stereocenters. The lowest BCUT2D eigenvalue weighted by molar-refractivity contribution is -0.120. The van der Waals surface area contributed by atoms with Crippen molar-refractivity contribution < 1.29 is 9.18 Å². The summed E-state index contributed by atoms with van der Waals surface area (Å²) in [5.74, 6) is -0.0671. The third-order valence-corrected chi connectivity index (χ3v) is 6.47. The highest BCUT2D eigenvalue weighted by molar-refractivity contribution is 7.09. The standard InChI is InChI=1S/C16H25FN2OS/c1-10-11(2)21-14(19(10)9-7-8-17)18-13(20)12-15(3,4)16(12,5)6/h12H,7-9H2,1-6H3. The van der Waals surface area contributed by atoms with Gasteiger partial charge in [-0.3, -0.25) is 9.18 Å². The smallest absolute Gasteiger partial charge is 0.252 e. The Morgan fingerprint density at radius 3 is 2.33 bits per heavy atom. The predicted molar refractivity (Wildman–Crippen MR) is 84.0 cm³/mol. The zero-order valence-corrected chi connectivity index (χ0v) is 14.6. The minimum absolute atomic E-state index is 0.00129. The highest BCUT2D eigenvalue weighted by atomic mass is 32.1. The molecule has 1 saturated carbocycles. The van der Waals surface area contributed by atoms with E-state index in [1.165, 1.54) is 11.3 Å². The molecule has 0 saturated heterocycles. The molecule has 0 bridgehead atoms. The topological polar surface area (TPSA) is 34.4 Å². The molecule has 1 aromatic rings. The van der Waals surface area contributed by atoms with E-state index in [-0.39, 0.29) is 29.3 Å². The van der Waals surface area contributed by atoms with Crippen molar-refractivity contribution in [1.29, 1.82) is 0 Å². The number of halogens is 1. The molecule has 1 amide bonds. The second-order valence-electron chi connectivity index (χ2n) is 7.05. The van der Waals surface area contributed by atoms with Crippen molar-refractivity contribution in [2.75, 3.05) is 6.67 Å². The van der Waals surface area contributed by atoms with Crippen molar-refractivity contribution in [3.63, 3.8) is 0 Å². The number of thiazole rings is 1. The lowest BCUT2D eigenvalue weighted by Gasteiger charge is -2.04. The molecule has 0 radical (unpaired) electrons. The zero-order valence-electron chi connectivity index (χ0n) is 13.8. The molecule has 0 aliphatic heterocycles. The Morgan fingerprint density at radius 2 is 1.86 bits per heavy atom. The summed E-state index contributed by atoms with van der Waals surface area (Å²) in [4.78, 5) is 18.7. The second-order valence-corrected chi connectivity index (χ2v) is 8.23. The first-order valence-corrected chi connectivity index (χ1v) is 8.27. The lowest BCUT2D eigenvalue weighted by atomic mass is 10.0. The number of carbonyl (C=O) groups excluding carboxylic acids is 1. The second kappa shape index (κ2) is 5.34. The molecule has 1 aliphatic carbocycles. The molecule has 118 valence electrons. The van der Waals surface area contributed by atoms with Gasteiger partial charge < -0.3 is 4.57 Å². The van der Waals surface area contributed by atoms with Gasteiger partial charge in [-0.05, 0) is 31.1 Å². The Kier molecular flexibility index (Phi) is 4.17. The number of hydrogen-bond donors (Lipinski definition) is 0. The van der Waals surface area contributed by atoms with Gasteiger partial charge in [-0.15, -0.1) is 11.3 Å². The molecule has 0 N–H and O–H groups in total. The molecular formula is C16H25FN2OS. The normalized spacial score (nSPS) is 20.8. The fourth-order valence-corrected chi connectivity index (χ4v) is 4.14. The van der Waals surface area contributed by atoms with E-state index in [0.29, 0.717) is 17.8 Å². The minimum Gasteiger partial charge on any atom is -0.321 e. The summed E-state index contributed by atoms with van der Waals surface area (Å²) in [5, 5.41) is 0.